The highest BCUT2D eigenvalue weighted by Crippen LogP contribution is 2.01. The first kappa shape index (κ1) is 9.71. The van der Waals surface area contributed by atoms with E-state index in [0.29, 0.717) is 12.4 Å². The molecule has 0 fully saturated rings. The van der Waals surface area contributed by atoms with Crippen molar-refractivity contribution in [3.63, 3.8) is 0 Å². The van der Waals surface area contributed by atoms with E-state index in [-0.39, 0.29) is 0 Å². The molecule has 1 aromatic carbocycles. The van der Waals surface area contributed by atoms with Crippen molar-refractivity contribution < 1.29 is 4.21 Å². The summed E-state index contributed by atoms with van der Waals surface area (Å²) in [7, 11) is -1.12. The summed E-state index contributed by atoms with van der Waals surface area (Å²) >= 11 is 5.44. The molecule has 1 unspecified atom stereocenters. The minimum Gasteiger partial charge on any atom is -0.238 e. The fraction of sp³-hybridized carbons (Fsp3) is 0.250. The monoisotopic (exact) mass is 203 g/mol. The van der Waals surface area contributed by atoms with Gasteiger partial charge in [0.05, 0.1) is 4.90 Å². The third-order valence-corrected chi connectivity index (χ3v) is 2.64. The second kappa shape index (κ2) is 5.30. The summed E-state index contributed by atoms with van der Waals surface area (Å²) in [5.41, 5.74) is 0. The molecule has 0 amide bonds. The summed E-state index contributed by atoms with van der Waals surface area (Å²) in [6.07, 6.45) is 0. The number of nitrogens with one attached hydrogen (secondary N) is 1. The zero-order valence-corrected chi connectivity index (χ0v) is 8.07. The van der Waals surface area contributed by atoms with E-state index in [1.54, 1.807) is 0 Å². The molecule has 0 saturated carbocycles. The van der Waals surface area contributed by atoms with Crippen molar-refractivity contribution in [2.24, 2.45) is 0 Å². The van der Waals surface area contributed by atoms with Crippen LogP contribution in [0.1, 0.15) is 0 Å². The highest BCUT2D eigenvalue weighted by atomic mass is 35.5. The number of rotatable bonds is 4. The van der Waals surface area contributed by atoms with E-state index in [1.165, 1.54) is 0 Å². The SMILES string of the molecule is O=S(NCCCl)c1ccccc1. The Morgan fingerprint density at radius 1 is 1.33 bits per heavy atom. The molecule has 1 rings (SSSR count). The van der Waals surface area contributed by atoms with E-state index in [2.05, 4.69) is 4.72 Å². The van der Waals surface area contributed by atoms with Crippen molar-refractivity contribution >= 4 is 22.6 Å². The summed E-state index contributed by atoms with van der Waals surface area (Å²) in [6, 6.07) is 9.24. The molecule has 0 aromatic heterocycles. The number of hydrogen-bond acceptors (Lipinski definition) is 1. The highest BCUT2D eigenvalue weighted by molar-refractivity contribution is 7.83. The molecule has 0 saturated heterocycles. The van der Waals surface area contributed by atoms with Crippen LogP contribution in [-0.2, 0) is 11.0 Å². The van der Waals surface area contributed by atoms with Crippen LogP contribution in [0.5, 0.6) is 0 Å². The summed E-state index contributed by atoms with van der Waals surface area (Å²) < 4.78 is 14.1. The summed E-state index contributed by atoms with van der Waals surface area (Å²) in [5, 5.41) is 0. The van der Waals surface area contributed by atoms with Gasteiger partial charge in [-0.3, -0.25) is 0 Å². The number of halogens is 1. The first-order valence-corrected chi connectivity index (χ1v) is 5.29. The van der Waals surface area contributed by atoms with Gasteiger partial charge in [-0.05, 0) is 12.1 Å². The molecular formula is C8H10ClNOS. The van der Waals surface area contributed by atoms with E-state index in [0.717, 1.165) is 4.90 Å². The second-order valence-corrected chi connectivity index (χ2v) is 3.84. The predicted molar refractivity (Wildman–Crippen MR) is 51.6 cm³/mol. The zero-order chi connectivity index (χ0) is 8.81. The normalized spacial score (nSPS) is 12.8. The molecule has 0 heterocycles. The van der Waals surface area contributed by atoms with Crippen LogP contribution in [0.25, 0.3) is 0 Å². The van der Waals surface area contributed by atoms with Gasteiger partial charge in [-0.1, -0.05) is 18.2 Å². The predicted octanol–water partition coefficient (Wildman–Crippen LogP) is 1.54. The smallest absolute Gasteiger partial charge is 0.124 e. The molecule has 0 aliphatic rings. The van der Waals surface area contributed by atoms with E-state index >= 15 is 0 Å². The fourth-order valence-corrected chi connectivity index (χ4v) is 1.82. The molecule has 4 heteroatoms. The minimum atomic E-state index is -1.12. The lowest BCUT2D eigenvalue weighted by Gasteiger charge is -2.00. The van der Waals surface area contributed by atoms with Gasteiger partial charge in [-0.2, -0.15) is 0 Å². The average molecular weight is 204 g/mol. The molecule has 1 N–H and O–H groups in total. The van der Waals surface area contributed by atoms with E-state index in [4.69, 9.17) is 11.6 Å². The molecule has 1 atom stereocenters. The number of hydrogen-bond donors (Lipinski definition) is 1. The maximum Gasteiger partial charge on any atom is 0.124 e. The second-order valence-electron chi connectivity index (χ2n) is 2.17. The Morgan fingerprint density at radius 3 is 2.58 bits per heavy atom. The van der Waals surface area contributed by atoms with Crippen LogP contribution in [0.2, 0.25) is 0 Å². The molecule has 66 valence electrons. The molecular weight excluding hydrogens is 194 g/mol. The van der Waals surface area contributed by atoms with Crippen molar-refractivity contribution in [1.82, 2.24) is 4.72 Å². The van der Waals surface area contributed by atoms with Crippen molar-refractivity contribution in [3.05, 3.63) is 30.3 Å². The van der Waals surface area contributed by atoms with E-state index < -0.39 is 11.0 Å². The Hall–Kier alpha value is -0.380. The lowest BCUT2D eigenvalue weighted by atomic mass is 10.4. The van der Waals surface area contributed by atoms with Crippen LogP contribution in [0.3, 0.4) is 0 Å². The van der Waals surface area contributed by atoms with Crippen LogP contribution in [0, 0.1) is 0 Å². The average Bonchev–Trinajstić information content (AvgIpc) is 2.15. The van der Waals surface area contributed by atoms with Gasteiger partial charge < -0.3 is 0 Å². The van der Waals surface area contributed by atoms with Gasteiger partial charge in [0, 0.05) is 12.4 Å². The van der Waals surface area contributed by atoms with Crippen LogP contribution >= 0.6 is 11.6 Å². The summed E-state index contributed by atoms with van der Waals surface area (Å²) in [5.74, 6) is 0.471. The third kappa shape index (κ3) is 2.93. The maximum absolute atomic E-state index is 11.3. The molecule has 2 nitrogen and oxygen atoms in total. The Labute approximate surface area is 79.5 Å². The number of benzene rings is 1. The number of alkyl halides is 1. The van der Waals surface area contributed by atoms with Gasteiger partial charge in [0.25, 0.3) is 0 Å². The Kier molecular flexibility index (Phi) is 4.29. The van der Waals surface area contributed by atoms with Crippen molar-refractivity contribution in [2.45, 2.75) is 4.90 Å². The van der Waals surface area contributed by atoms with Crippen LogP contribution in [0.4, 0.5) is 0 Å². The summed E-state index contributed by atoms with van der Waals surface area (Å²) in [6.45, 7) is 0.559. The lowest BCUT2D eigenvalue weighted by molar-refractivity contribution is 0.674. The Bertz CT molecular complexity index is 252. The molecule has 0 bridgehead atoms. The van der Waals surface area contributed by atoms with Crippen molar-refractivity contribution in [3.8, 4) is 0 Å². The summed E-state index contributed by atoms with van der Waals surface area (Å²) in [4.78, 5) is 0.780. The molecule has 1 aromatic rings. The molecule has 0 radical (unpaired) electrons. The lowest BCUT2D eigenvalue weighted by Crippen LogP contribution is -2.19. The van der Waals surface area contributed by atoms with Gasteiger partial charge in [0.2, 0.25) is 0 Å². The quantitative estimate of drug-likeness (QED) is 0.740. The third-order valence-electron chi connectivity index (χ3n) is 1.28. The first-order valence-electron chi connectivity index (χ1n) is 3.61. The van der Waals surface area contributed by atoms with Gasteiger partial charge in [-0.15, -0.1) is 11.6 Å². The standard InChI is InChI=1S/C8H10ClNOS/c9-6-7-10-12(11)8-4-2-1-3-5-8/h1-5,10H,6-7H2. The van der Waals surface area contributed by atoms with Gasteiger partial charge in [0.15, 0.2) is 0 Å². The molecule has 0 aliphatic heterocycles. The Morgan fingerprint density at radius 2 is 2.00 bits per heavy atom. The minimum absolute atomic E-state index is 0.471. The Balaban J connectivity index is 2.54. The zero-order valence-electron chi connectivity index (χ0n) is 6.50. The largest absolute Gasteiger partial charge is 0.238 e. The molecule has 0 spiro atoms. The van der Waals surface area contributed by atoms with Crippen LogP contribution < -0.4 is 4.72 Å². The van der Waals surface area contributed by atoms with Crippen LogP contribution in [-0.4, -0.2) is 16.6 Å². The molecule has 0 aliphatic carbocycles. The van der Waals surface area contributed by atoms with Gasteiger partial charge in [0.1, 0.15) is 11.0 Å². The molecule has 12 heavy (non-hydrogen) atoms. The fourth-order valence-electron chi connectivity index (χ4n) is 0.759. The highest BCUT2D eigenvalue weighted by Gasteiger charge is 1.99. The van der Waals surface area contributed by atoms with Gasteiger partial charge in [-0.25, -0.2) is 8.93 Å². The van der Waals surface area contributed by atoms with Crippen LogP contribution in [0.15, 0.2) is 35.2 Å². The van der Waals surface area contributed by atoms with Crippen molar-refractivity contribution in [1.29, 1.82) is 0 Å². The van der Waals surface area contributed by atoms with Gasteiger partial charge >= 0.3 is 0 Å². The topological polar surface area (TPSA) is 29.1 Å². The van der Waals surface area contributed by atoms with Crippen molar-refractivity contribution in [2.75, 3.05) is 12.4 Å². The first-order chi connectivity index (χ1) is 5.84. The maximum atomic E-state index is 11.3. The van der Waals surface area contributed by atoms with E-state index in [9.17, 15) is 4.21 Å². The van der Waals surface area contributed by atoms with E-state index in [1.807, 2.05) is 30.3 Å².